The average Bonchev–Trinajstić information content (AvgIpc) is 2.18. The van der Waals surface area contributed by atoms with E-state index in [2.05, 4.69) is 0 Å². The minimum Gasteiger partial charge on any atom is -1.00 e. The monoisotopic (exact) mass is 272 g/mol. The average molecular weight is 273 g/mol. The number of hydrogen-bond acceptors (Lipinski definition) is 1. The Morgan fingerprint density at radius 1 is 1.13 bits per heavy atom. The molecule has 0 unspecified atom stereocenters. The van der Waals surface area contributed by atoms with Crippen molar-refractivity contribution in [1.29, 1.82) is 0 Å². The number of carbonyl (C=O) groups is 1. The molecule has 0 heterocycles. The van der Waals surface area contributed by atoms with Crippen LogP contribution in [0.4, 0.5) is 0 Å². The van der Waals surface area contributed by atoms with Crippen molar-refractivity contribution in [2.75, 3.05) is 0 Å². The van der Waals surface area contributed by atoms with Crippen molar-refractivity contribution in [2.24, 2.45) is 0 Å². The van der Waals surface area contributed by atoms with Crippen LogP contribution >= 0.6 is 0 Å². The molecule has 0 amide bonds. The van der Waals surface area contributed by atoms with Crippen LogP contribution in [0.2, 0.25) is 0 Å². The molecule has 0 atom stereocenters. The number of carboxylic acid groups (broad SMARTS) is 1. The van der Waals surface area contributed by atoms with E-state index in [0.29, 0.717) is 0 Å². The first-order valence-electron chi connectivity index (χ1n) is 4.46. The normalized spacial score (nSPS) is 9.60. The Morgan fingerprint density at radius 3 is 2.53 bits per heavy atom. The molecule has 0 aliphatic heterocycles. The molecular weight excluding hydrogens is 262 g/mol. The summed E-state index contributed by atoms with van der Waals surface area (Å²) >= 11 is 0. The molecule has 0 radical (unpaired) electrons. The molecule has 2 aromatic carbocycles. The molecule has 72 valence electrons. The SMILES string of the molecule is O=C(O)Cc1cccc2ccccc12.[H-].[Rb+]. The third kappa shape index (κ3) is 3.21. The van der Waals surface area contributed by atoms with Crippen LogP contribution in [0.5, 0.6) is 0 Å². The summed E-state index contributed by atoms with van der Waals surface area (Å²) in [5.41, 5.74) is 0.871. The van der Waals surface area contributed by atoms with Crippen molar-refractivity contribution < 1.29 is 69.5 Å². The number of aliphatic carboxylic acids is 1. The van der Waals surface area contributed by atoms with Crippen LogP contribution in [0.25, 0.3) is 10.8 Å². The second-order valence-electron chi connectivity index (χ2n) is 3.21. The minimum atomic E-state index is -0.790. The fourth-order valence-electron chi connectivity index (χ4n) is 1.61. The number of rotatable bonds is 2. The Kier molecular flexibility index (Phi) is 5.13. The molecule has 0 saturated heterocycles. The van der Waals surface area contributed by atoms with E-state index in [0.717, 1.165) is 16.3 Å². The zero-order chi connectivity index (χ0) is 9.97. The summed E-state index contributed by atoms with van der Waals surface area (Å²) in [7, 11) is 0. The van der Waals surface area contributed by atoms with Gasteiger partial charge in [-0.2, -0.15) is 0 Å². The third-order valence-corrected chi connectivity index (χ3v) is 2.22. The van der Waals surface area contributed by atoms with Crippen molar-refractivity contribution in [3.05, 3.63) is 48.0 Å². The van der Waals surface area contributed by atoms with E-state index >= 15 is 0 Å². The van der Waals surface area contributed by atoms with Crippen molar-refractivity contribution >= 4 is 16.7 Å². The maximum atomic E-state index is 10.6. The molecule has 0 aromatic heterocycles. The predicted molar refractivity (Wildman–Crippen MR) is 56.4 cm³/mol. The van der Waals surface area contributed by atoms with E-state index in [-0.39, 0.29) is 66.0 Å². The molecule has 2 nitrogen and oxygen atoms in total. The van der Waals surface area contributed by atoms with Crippen LogP contribution in [-0.2, 0) is 11.2 Å². The van der Waals surface area contributed by atoms with Gasteiger partial charge in [0.15, 0.2) is 0 Å². The Labute approximate surface area is 139 Å². The maximum Gasteiger partial charge on any atom is 1.00 e. The Morgan fingerprint density at radius 2 is 1.80 bits per heavy atom. The van der Waals surface area contributed by atoms with Gasteiger partial charge in [-0.25, -0.2) is 0 Å². The summed E-state index contributed by atoms with van der Waals surface area (Å²) in [4.78, 5) is 10.6. The van der Waals surface area contributed by atoms with Gasteiger partial charge in [0.05, 0.1) is 6.42 Å². The minimum absolute atomic E-state index is 0. The molecule has 0 aliphatic carbocycles. The van der Waals surface area contributed by atoms with Gasteiger partial charge in [0.1, 0.15) is 0 Å². The first kappa shape index (κ1) is 13.0. The van der Waals surface area contributed by atoms with E-state index in [1.54, 1.807) is 0 Å². The van der Waals surface area contributed by atoms with Gasteiger partial charge >= 0.3 is 64.2 Å². The van der Waals surface area contributed by atoms with Gasteiger partial charge in [0.2, 0.25) is 0 Å². The van der Waals surface area contributed by atoms with Gasteiger partial charge in [-0.1, -0.05) is 42.5 Å². The topological polar surface area (TPSA) is 37.3 Å². The molecule has 2 aromatic rings. The van der Waals surface area contributed by atoms with Crippen LogP contribution in [-0.4, -0.2) is 11.1 Å². The van der Waals surface area contributed by atoms with E-state index < -0.39 is 5.97 Å². The first-order valence-corrected chi connectivity index (χ1v) is 4.46. The smallest absolute Gasteiger partial charge is 1.00 e. The third-order valence-electron chi connectivity index (χ3n) is 2.22. The Bertz CT molecular complexity index is 480. The van der Waals surface area contributed by atoms with Crippen LogP contribution in [0.3, 0.4) is 0 Å². The van der Waals surface area contributed by atoms with Gasteiger partial charge in [-0.3, -0.25) is 4.79 Å². The zero-order valence-corrected chi connectivity index (χ0v) is 13.5. The number of benzene rings is 2. The second-order valence-corrected chi connectivity index (χ2v) is 3.21. The predicted octanol–water partition coefficient (Wildman–Crippen LogP) is -0.417. The van der Waals surface area contributed by atoms with E-state index in [1.165, 1.54) is 0 Å². The van der Waals surface area contributed by atoms with Crippen molar-refractivity contribution in [3.63, 3.8) is 0 Å². The zero-order valence-electron chi connectivity index (χ0n) is 9.60. The van der Waals surface area contributed by atoms with Gasteiger partial charge < -0.3 is 6.53 Å². The van der Waals surface area contributed by atoms with E-state index in [4.69, 9.17) is 5.11 Å². The molecule has 1 N–H and O–H groups in total. The molecule has 0 fully saturated rings. The van der Waals surface area contributed by atoms with Crippen LogP contribution in [0.1, 0.15) is 6.99 Å². The number of carboxylic acids is 1. The molecule has 0 saturated carbocycles. The van der Waals surface area contributed by atoms with Gasteiger partial charge in [-0.15, -0.1) is 0 Å². The summed E-state index contributed by atoms with van der Waals surface area (Å²) in [6.07, 6.45) is 0.0847. The van der Waals surface area contributed by atoms with Crippen LogP contribution < -0.4 is 58.2 Å². The molecule has 2 rings (SSSR count). The Balaban J connectivity index is 0.00000112. The molecule has 0 bridgehead atoms. The van der Waals surface area contributed by atoms with Crippen molar-refractivity contribution in [1.82, 2.24) is 0 Å². The molecule has 15 heavy (non-hydrogen) atoms. The van der Waals surface area contributed by atoms with Crippen molar-refractivity contribution in [2.45, 2.75) is 6.42 Å². The standard InChI is InChI=1S/C12H10O2.Rb.H/c13-12(14)8-10-6-3-5-9-4-1-2-7-11(9)10;;/h1-7H,8H2,(H,13,14);;/q;+1;-1. The fraction of sp³-hybridized carbons (Fsp3) is 0.0833. The molecule has 0 spiro atoms. The first-order chi connectivity index (χ1) is 6.77. The van der Waals surface area contributed by atoms with E-state index in [1.807, 2.05) is 42.5 Å². The van der Waals surface area contributed by atoms with Gasteiger partial charge in [-0.05, 0) is 16.3 Å². The fourth-order valence-corrected chi connectivity index (χ4v) is 1.61. The Hall–Kier alpha value is -0.0248. The summed E-state index contributed by atoms with van der Waals surface area (Å²) in [5, 5.41) is 10.8. The van der Waals surface area contributed by atoms with Gasteiger partial charge in [0, 0.05) is 0 Å². The molecule has 3 heteroatoms. The van der Waals surface area contributed by atoms with Crippen LogP contribution in [0, 0.1) is 0 Å². The summed E-state index contributed by atoms with van der Waals surface area (Å²) in [6, 6.07) is 13.5. The van der Waals surface area contributed by atoms with E-state index in [9.17, 15) is 4.79 Å². The number of fused-ring (bicyclic) bond motifs is 1. The number of hydrogen-bond donors (Lipinski definition) is 1. The maximum absolute atomic E-state index is 10.6. The molecule has 0 aliphatic rings. The van der Waals surface area contributed by atoms with Crippen molar-refractivity contribution in [3.8, 4) is 0 Å². The van der Waals surface area contributed by atoms with Gasteiger partial charge in [0.25, 0.3) is 0 Å². The summed E-state index contributed by atoms with van der Waals surface area (Å²) < 4.78 is 0. The quantitative estimate of drug-likeness (QED) is 0.807. The van der Waals surface area contributed by atoms with Crippen LogP contribution in [0.15, 0.2) is 42.5 Å². The summed E-state index contributed by atoms with van der Waals surface area (Å²) in [5.74, 6) is -0.790. The largest absolute Gasteiger partial charge is 1.00 e. The second kappa shape index (κ2) is 5.90. The molecular formula is C12H11O2Rb. The summed E-state index contributed by atoms with van der Waals surface area (Å²) in [6.45, 7) is 0.